The molecule has 27 heavy (non-hydrogen) atoms. The number of hydrogen-bond donors (Lipinski definition) is 1. The highest BCUT2D eigenvalue weighted by molar-refractivity contribution is 7.89. The van der Waals surface area contributed by atoms with Crippen molar-refractivity contribution in [3.8, 4) is 0 Å². The lowest BCUT2D eigenvalue weighted by Gasteiger charge is -2.29. The largest absolute Gasteiger partial charge is 0.374 e. The fourth-order valence-electron chi connectivity index (χ4n) is 3.04. The first-order valence-electron chi connectivity index (χ1n) is 8.80. The van der Waals surface area contributed by atoms with Gasteiger partial charge >= 0.3 is 0 Å². The van der Waals surface area contributed by atoms with Crippen molar-refractivity contribution in [2.45, 2.75) is 31.2 Å². The van der Waals surface area contributed by atoms with Crippen molar-refractivity contribution >= 4 is 21.4 Å². The molecule has 0 unspecified atom stereocenters. The van der Waals surface area contributed by atoms with Gasteiger partial charge in [-0.05, 0) is 43.0 Å². The SMILES string of the molecule is CC1CCN(S(=O)(=O)c2ccc(NCc3ccccn3)c([N+](=O)[O-])c2)CC1. The summed E-state index contributed by atoms with van der Waals surface area (Å²) in [6, 6.07) is 9.41. The number of nitro groups is 1. The number of pyridine rings is 1. The highest BCUT2D eigenvalue weighted by Crippen LogP contribution is 2.30. The maximum atomic E-state index is 12.8. The van der Waals surface area contributed by atoms with Crippen LogP contribution in [0.3, 0.4) is 0 Å². The summed E-state index contributed by atoms with van der Waals surface area (Å²) in [4.78, 5) is 15.0. The van der Waals surface area contributed by atoms with Crippen LogP contribution < -0.4 is 5.32 Å². The highest BCUT2D eigenvalue weighted by atomic mass is 32.2. The molecule has 1 aliphatic rings. The fraction of sp³-hybridized carbons (Fsp3) is 0.389. The molecule has 3 rings (SSSR count). The van der Waals surface area contributed by atoms with Crippen molar-refractivity contribution < 1.29 is 13.3 Å². The smallest absolute Gasteiger partial charge is 0.293 e. The van der Waals surface area contributed by atoms with E-state index in [9.17, 15) is 18.5 Å². The summed E-state index contributed by atoms with van der Waals surface area (Å²) in [6.45, 7) is 3.28. The molecule has 0 bridgehead atoms. The first-order chi connectivity index (χ1) is 12.9. The van der Waals surface area contributed by atoms with Crippen LogP contribution in [0.2, 0.25) is 0 Å². The van der Waals surface area contributed by atoms with Crippen LogP contribution in [0.4, 0.5) is 11.4 Å². The fourth-order valence-corrected chi connectivity index (χ4v) is 4.53. The van der Waals surface area contributed by atoms with E-state index in [0.29, 0.717) is 25.6 Å². The van der Waals surface area contributed by atoms with Crippen molar-refractivity contribution in [3.05, 3.63) is 58.4 Å². The van der Waals surface area contributed by atoms with Gasteiger partial charge < -0.3 is 5.32 Å². The zero-order valence-corrected chi connectivity index (χ0v) is 15.9. The number of rotatable bonds is 6. The molecule has 0 saturated carbocycles. The van der Waals surface area contributed by atoms with E-state index in [4.69, 9.17) is 0 Å². The zero-order chi connectivity index (χ0) is 19.4. The number of nitrogens with zero attached hydrogens (tertiary/aromatic N) is 3. The van der Waals surface area contributed by atoms with Crippen LogP contribution in [0.25, 0.3) is 0 Å². The van der Waals surface area contributed by atoms with Crippen LogP contribution in [0.15, 0.2) is 47.5 Å². The van der Waals surface area contributed by atoms with Crippen molar-refractivity contribution in [2.75, 3.05) is 18.4 Å². The Morgan fingerprint density at radius 2 is 2.00 bits per heavy atom. The molecule has 2 aromatic rings. The van der Waals surface area contributed by atoms with Gasteiger partial charge in [0.05, 0.1) is 22.1 Å². The third-order valence-electron chi connectivity index (χ3n) is 4.73. The summed E-state index contributed by atoms with van der Waals surface area (Å²) in [6.07, 6.45) is 3.23. The van der Waals surface area contributed by atoms with E-state index >= 15 is 0 Å². The molecule has 1 fully saturated rings. The first-order valence-corrected chi connectivity index (χ1v) is 10.2. The first kappa shape index (κ1) is 19.2. The van der Waals surface area contributed by atoms with Crippen LogP contribution in [0.5, 0.6) is 0 Å². The second-order valence-corrected chi connectivity index (χ2v) is 8.64. The molecule has 1 aromatic heterocycles. The lowest BCUT2D eigenvalue weighted by atomic mass is 10.0. The van der Waals surface area contributed by atoms with Gasteiger partial charge in [0.15, 0.2) is 0 Å². The number of nitro benzene ring substituents is 1. The van der Waals surface area contributed by atoms with Gasteiger partial charge in [-0.25, -0.2) is 8.42 Å². The summed E-state index contributed by atoms with van der Waals surface area (Å²) >= 11 is 0. The Kier molecular flexibility index (Phi) is 5.71. The quantitative estimate of drug-likeness (QED) is 0.600. The third-order valence-corrected chi connectivity index (χ3v) is 6.63. The maximum absolute atomic E-state index is 12.8. The Balaban J connectivity index is 1.83. The molecule has 0 atom stereocenters. The van der Waals surface area contributed by atoms with Crippen LogP contribution in [0, 0.1) is 16.0 Å². The molecule has 0 spiro atoms. The lowest BCUT2D eigenvalue weighted by molar-refractivity contribution is -0.384. The predicted octanol–water partition coefficient (Wildman–Crippen LogP) is 3.02. The topological polar surface area (TPSA) is 105 Å². The molecule has 2 heterocycles. The van der Waals surface area contributed by atoms with Gasteiger partial charge in [0.1, 0.15) is 5.69 Å². The molecule has 0 aliphatic carbocycles. The zero-order valence-electron chi connectivity index (χ0n) is 15.0. The molecule has 144 valence electrons. The highest BCUT2D eigenvalue weighted by Gasteiger charge is 2.30. The number of anilines is 1. The van der Waals surface area contributed by atoms with E-state index in [1.54, 1.807) is 18.3 Å². The van der Waals surface area contributed by atoms with Gasteiger partial charge in [0.2, 0.25) is 10.0 Å². The molecule has 0 radical (unpaired) electrons. The molecule has 1 aliphatic heterocycles. The van der Waals surface area contributed by atoms with Gasteiger partial charge in [-0.2, -0.15) is 4.31 Å². The summed E-state index contributed by atoms with van der Waals surface area (Å²) in [5.41, 5.74) is 0.722. The van der Waals surface area contributed by atoms with Crippen LogP contribution in [0.1, 0.15) is 25.5 Å². The van der Waals surface area contributed by atoms with Crippen LogP contribution >= 0.6 is 0 Å². The minimum atomic E-state index is -3.74. The number of hydrogen-bond acceptors (Lipinski definition) is 6. The molecule has 1 N–H and O–H groups in total. The number of nitrogens with one attached hydrogen (secondary N) is 1. The van der Waals surface area contributed by atoms with E-state index in [2.05, 4.69) is 17.2 Å². The number of sulfonamides is 1. The second-order valence-electron chi connectivity index (χ2n) is 6.70. The minimum Gasteiger partial charge on any atom is -0.374 e. The summed E-state index contributed by atoms with van der Waals surface area (Å²) in [5, 5.41) is 14.4. The second kappa shape index (κ2) is 8.01. The average Bonchev–Trinajstić information content (AvgIpc) is 2.67. The van der Waals surface area contributed by atoms with Crippen molar-refractivity contribution in [1.29, 1.82) is 0 Å². The van der Waals surface area contributed by atoms with Crippen molar-refractivity contribution in [2.24, 2.45) is 5.92 Å². The average molecular weight is 390 g/mol. The molecular formula is C18H22N4O4S. The Bertz CT molecular complexity index is 910. The van der Waals surface area contributed by atoms with Crippen LogP contribution in [-0.2, 0) is 16.6 Å². The standard InChI is InChI=1S/C18H22N4O4S/c1-14-7-10-21(11-8-14)27(25,26)16-5-6-17(18(12-16)22(23)24)20-13-15-4-2-3-9-19-15/h2-6,9,12,14,20H,7-8,10-11,13H2,1H3. The van der Waals surface area contributed by atoms with Crippen molar-refractivity contribution in [3.63, 3.8) is 0 Å². The number of benzene rings is 1. The molecule has 0 amide bonds. The molecule has 8 nitrogen and oxygen atoms in total. The van der Waals surface area contributed by atoms with Gasteiger partial charge in [0, 0.05) is 25.4 Å². The van der Waals surface area contributed by atoms with E-state index in [-0.39, 0.29) is 16.3 Å². The summed E-state index contributed by atoms with van der Waals surface area (Å²) < 4.78 is 27.1. The molecule has 1 aromatic carbocycles. The van der Waals surface area contributed by atoms with E-state index in [1.165, 1.54) is 16.4 Å². The van der Waals surface area contributed by atoms with Crippen LogP contribution in [-0.4, -0.2) is 35.7 Å². The molecular weight excluding hydrogens is 368 g/mol. The van der Waals surface area contributed by atoms with E-state index < -0.39 is 14.9 Å². The number of aromatic nitrogens is 1. The summed E-state index contributed by atoms with van der Waals surface area (Å²) in [7, 11) is -3.74. The maximum Gasteiger partial charge on any atom is 0.293 e. The van der Waals surface area contributed by atoms with E-state index in [1.807, 2.05) is 6.07 Å². The van der Waals surface area contributed by atoms with E-state index in [0.717, 1.165) is 24.6 Å². The Morgan fingerprint density at radius 3 is 2.63 bits per heavy atom. The van der Waals surface area contributed by atoms with Gasteiger partial charge in [-0.1, -0.05) is 13.0 Å². The monoisotopic (exact) mass is 390 g/mol. The van der Waals surface area contributed by atoms with Gasteiger partial charge in [-0.15, -0.1) is 0 Å². The minimum absolute atomic E-state index is 0.0489. The van der Waals surface area contributed by atoms with Gasteiger partial charge in [-0.3, -0.25) is 15.1 Å². The third kappa shape index (κ3) is 4.42. The van der Waals surface area contributed by atoms with Gasteiger partial charge in [0.25, 0.3) is 5.69 Å². The molecule has 9 heteroatoms. The Labute approximate surface area is 158 Å². The lowest BCUT2D eigenvalue weighted by Crippen LogP contribution is -2.37. The predicted molar refractivity (Wildman–Crippen MR) is 102 cm³/mol. The normalized spacial score (nSPS) is 16.2. The summed E-state index contributed by atoms with van der Waals surface area (Å²) in [5.74, 6) is 0.490. The Morgan fingerprint density at radius 1 is 1.26 bits per heavy atom. The Hall–Kier alpha value is -2.52. The van der Waals surface area contributed by atoms with Crippen molar-refractivity contribution in [1.82, 2.24) is 9.29 Å². The number of piperidine rings is 1. The molecule has 1 saturated heterocycles.